The highest BCUT2D eigenvalue weighted by molar-refractivity contribution is 6.41. The number of rotatable bonds is 0. The van der Waals surface area contributed by atoms with E-state index in [1.807, 2.05) is 6.07 Å². The summed E-state index contributed by atoms with van der Waals surface area (Å²) in [7, 11) is 6.17. The fourth-order valence-corrected chi connectivity index (χ4v) is 2.83. The van der Waals surface area contributed by atoms with Crippen LogP contribution in [0.2, 0.25) is 0 Å². The average molecular weight is 238 g/mol. The molecule has 19 heavy (non-hydrogen) atoms. The summed E-state index contributed by atoms with van der Waals surface area (Å²) in [4.78, 5) is 0. The Bertz CT molecular complexity index is 922. The Labute approximate surface area is 113 Å². The van der Waals surface area contributed by atoms with Gasteiger partial charge in [-0.05, 0) is 44.5 Å². The van der Waals surface area contributed by atoms with E-state index < -0.39 is 0 Å². The molecule has 0 nitrogen and oxygen atoms in total. The van der Waals surface area contributed by atoms with E-state index in [1.165, 1.54) is 26.9 Å². The Morgan fingerprint density at radius 2 is 1.16 bits per heavy atom. The maximum atomic E-state index is 6.17. The Morgan fingerprint density at radius 3 is 1.95 bits per heavy atom. The lowest BCUT2D eigenvalue weighted by atomic mass is 9.86. The monoisotopic (exact) mass is 238 g/mol. The maximum Gasteiger partial charge on any atom is 0.114 e. The highest BCUT2D eigenvalue weighted by atomic mass is 14.1. The topological polar surface area (TPSA) is 0 Å². The number of fused-ring (bicyclic) bond motifs is 4. The molecule has 0 N–H and O–H groups in total. The molecule has 0 bridgehead atoms. The average Bonchev–Trinajstić information content (AvgIpc) is 2.46. The minimum atomic E-state index is 0.846. The molecule has 0 unspecified atom stereocenters. The molecule has 2 radical (unpaired) electrons. The van der Waals surface area contributed by atoms with Crippen LogP contribution in [0, 0.1) is 0 Å². The van der Waals surface area contributed by atoms with Crippen LogP contribution in [-0.2, 0) is 0 Å². The van der Waals surface area contributed by atoms with E-state index in [1.54, 1.807) is 0 Å². The van der Waals surface area contributed by atoms with Gasteiger partial charge >= 0.3 is 0 Å². The minimum Gasteiger partial charge on any atom is -0.0883 e. The molecule has 4 rings (SSSR count). The van der Waals surface area contributed by atoms with Crippen molar-refractivity contribution in [3.63, 3.8) is 0 Å². The Balaban J connectivity index is 2.29. The number of hydrogen-bond acceptors (Lipinski definition) is 0. The molecule has 0 aliphatic carbocycles. The van der Waals surface area contributed by atoms with Gasteiger partial charge in [0.2, 0.25) is 0 Å². The zero-order valence-electron chi connectivity index (χ0n) is 10.4. The van der Waals surface area contributed by atoms with Gasteiger partial charge in [0.25, 0.3) is 0 Å². The molecule has 0 heterocycles. The zero-order chi connectivity index (χ0) is 12.8. The van der Waals surface area contributed by atoms with Crippen LogP contribution in [0.5, 0.6) is 0 Å². The lowest BCUT2D eigenvalue weighted by Gasteiger charge is -2.09. The van der Waals surface area contributed by atoms with Crippen LogP contribution < -0.4 is 5.46 Å². The van der Waals surface area contributed by atoms with Gasteiger partial charge in [0.05, 0.1) is 0 Å². The summed E-state index contributed by atoms with van der Waals surface area (Å²) in [5, 5.41) is 7.35. The smallest absolute Gasteiger partial charge is 0.0883 e. The molecular weight excluding hydrogens is 227 g/mol. The lowest BCUT2D eigenvalue weighted by molar-refractivity contribution is 1.79. The lowest BCUT2D eigenvalue weighted by Crippen LogP contribution is -2.03. The first-order valence-electron chi connectivity index (χ1n) is 6.43. The van der Waals surface area contributed by atoms with Gasteiger partial charge in [0, 0.05) is 0 Å². The van der Waals surface area contributed by atoms with E-state index in [-0.39, 0.29) is 0 Å². The molecule has 4 aromatic carbocycles. The van der Waals surface area contributed by atoms with Crippen LogP contribution in [0.15, 0.2) is 66.7 Å². The third-order valence-electron chi connectivity index (χ3n) is 3.76. The first kappa shape index (κ1) is 10.6. The molecule has 0 spiro atoms. The SMILES string of the molecule is [B]c1cc2cc3ccccc3cc2c2ccccc12. The van der Waals surface area contributed by atoms with E-state index in [4.69, 9.17) is 7.85 Å². The highest BCUT2D eigenvalue weighted by Crippen LogP contribution is 2.28. The van der Waals surface area contributed by atoms with Crippen molar-refractivity contribution in [2.75, 3.05) is 0 Å². The standard InChI is InChI=1S/C18H11B/c19-18-11-14-9-12-5-1-2-6-13(12)10-17(14)15-7-3-4-8-16(15)18/h1-11H. The molecule has 0 atom stereocenters. The second-order valence-corrected chi connectivity index (χ2v) is 4.93. The predicted molar refractivity (Wildman–Crippen MR) is 84.3 cm³/mol. The Kier molecular flexibility index (Phi) is 2.16. The number of hydrogen-bond donors (Lipinski definition) is 0. The third kappa shape index (κ3) is 1.55. The largest absolute Gasteiger partial charge is 0.114 e. The van der Waals surface area contributed by atoms with E-state index >= 15 is 0 Å². The molecule has 0 aromatic heterocycles. The molecule has 1 heteroatoms. The summed E-state index contributed by atoms with van der Waals surface area (Å²) in [6.07, 6.45) is 0. The Hall–Kier alpha value is -2.28. The Morgan fingerprint density at radius 1 is 0.526 bits per heavy atom. The molecule has 4 aromatic rings. The van der Waals surface area contributed by atoms with Crippen LogP contribution >= 0.6 is 0 Å². The van der Waals surface area contributed by atoms with Gasteiger partial charge in [-0.2, -0.15) is 0 Å². The van der Waals surface area contributed by atoms with Gasteiger partial charge in [-0.3, -0.25) is 0 Å². The molecule has 0 amide bonds. The molecule has 0 aliphatic heterocycles. The second-order valence-electron chi connectivity index (χ2n) is 4.93. The van der Waals surface area contributed by atoms with Crippen molar-refractivity contribution in [1.29, 1.82) is 0 Å². The van der Waals surface area contributed by atoms with E-state index in [0.29, 0.717) is 0 Å². The van der Waals surface area contributed by atoms with E-state index in [2.05, 4.69) is 60.7 Å². The molecule has 0 aliphatic rings. The summed E-state index contributed by atoms with van der Waals surface area (Å²) in [5.41, 5.74) is 0.846. The normalized spacial score (nSPS) is 11.4. The summed E-state index contributed by atoms with van der Waals surface area (Å²) < 4.78 is 0. The summed E-state index contributed by atoms with van der Waals surface area (Å²) >= 11 is 0. The van der Waals surface area contributed by atoms with Crippen molar-refractivity contribution in [3.8, 4) is 0 Å². The first-order chi connectivity index (χ1) is 9.33. The van der Waals surface area contributed by atoms with E-state index in [0.717, 1.165) is 10.8 Å². The van der Waals surface area contributed by atoms with Gasteiger partial charge in [-0.1, -0.05) is 60.1 Å². The molecule has 0 saturated carbocycles. The second kappa shape index (κ2) is 3.86. The fraction of sp³-hybridized carbons (Fsp3) is 0. The van der Waals surface area contributed by atoms with Crippen LogP contribution in [-0.4, -0.2) is 7.85 Å². The molecule has 0 saturated heterocycles. The van der Waals surface area contributed by atoms with Crippen molar-refractivity contribution in [2.24, 2.45) is 0 Å². The van der Waals surface area contributed by atoms with E-state index in [9.17, 15) is 0 Å². The highest BCUT2D eigenvalue weighted by Gasteiger charge is 2.04. The summed E-state index contributed by atoms with van der Waals surface area (Å²) in [5.74, 6) is 0. The molecule has 0 fully saturated rings. The van der Waals surface area contributed by atoms with Gasteiger partial charge < -0.3 is 0 Å². The van der Waals surface area contributed by atoms with Crippen LogP contribution in [0.1, 0.15) is 0 Å². The minimum absolute atomic E-state index is 0.846. The van der Waals surface area contributed by atoms with Gasteiger partial charge in [-0.15, -0.1) is 0 Å². The zero-order valence-corrected chi connectivity index (χ0v) is 10.4. The number of benzene rings is 4. The van der Waals surface area contributed by atoms with Crippen LogP contribution in [0.25, 0.3) is 32.3 Å². The van der Waals surface area contributed by atoms with Crippen LogP contribution in [0.3, 0.4) is 0 Å². The quantitative estimate of drug-likeness (QED) is 0.247. The van der Waals surface area contributed by atoms with Crippen molar-refractivity contribution in [1.82, 2.24) is 0 Å². The van der Waals surface area contributed by atoms with Gasteiger partial charge in [-0.25, -0.2) is 0 Å². The predicted octanol–water partition coefficient (Wildman–Crippen LogP) is 3.94. The van der Waals surface area contributed by atoms with Gasteiger partial charge in [0.1, 0.15) is 7.85 Å². The van der Waals surface area contributed by atoms with Crippen molar-refractivity contribution in [3.05, 3.63) is 66.7 Å². The van der Waals surface area contributed by atoms with Crippen molar-refractivity contribution in [2.45, 2.75) is 0 Å². The molecule has 86 valence electrons. The third-order valence-corrected chi connectivity index (χ3v) is 3.76. The summed E-state index contributed by atoms with van der Waals surface area (Å²) in [6.45, 7) is 0. The molecular formula is C18H11B. The fourth-order valence-electron chi connectivity index (χ4n) is 2.83. The maximum absolute atomic E-state index is 6.17. The first-order valence-corrected chi connectivity index (χ1v) is 6.43. The van der Waals surface area contributed by atoms with Crippen molar-refractivity contribution >= 4 is 45.6 Å². The van der Waals surface area contributed by atoms with Crippen LogP contribution in [0.4, 0.5) is 0 Å². The summed E-state index contributed by atoms with van der Waals surface area (Å²) in [6, 6.07) is 23.3. The van der Waals surface area contributed by atoms with Gasteiger partial charge in [0.15, 0.2) is 0 Å². The van der Waals surface area contributed by atoms with Crippen molar-refractivity contribution < 1.29 is 0 Å².